The van der Waals surface area contributed by atoms with E-state index >= 15 is 0 Å². The first kappa shape index (κ1) is 21.6. The summed E-state index contributed by atoms with van der Waals surface area (Å²) in [5, 5.41) is 5.59. The first-order valence-corrected chi connectivity index (χ1v) is 10.3. The zero-order valence-electron chi connectivity index (χ0n) is 17.4. The lowest BCUT2D eigenvalue weighted by Gasteiger charge is -2.35. The molecule has 7 heteroatoms. The molecule has 2 aromatic rings. The molecular formula is C23H28FN3O3. The zero-order chi connectivity index (χ0) is 21.5. The smallest absolute Gasteiger partial charge is 0.255 e. The second kappa shape index (κ2) is 10.1. The average Bonchev–Trinajstić information content (AvgIpc) is 2.74. The Morgan fingerprint density at radius 1 is 1.23 bits per heavy atom. The maximum Gasteiger partial charge on any atom is 0.255 e. The van der Waals surface area contributed by atoms with Crippen molar-refractivity contribution >= 4 is 17.5 Å². The van der Waals surface area contributed by atoms with Crippen LogP contribution in [0.15, 0.2) is 42.5 Å². The van der Waals surface area contributed by atoms with Gasteiger partial charge >= 0.3 is 0 Å². The number of rotatable bonds is 7. The molecule has 6 nitrogen and oxygen atoms in total. The topological polar surface area (TPSA) is 70.7 Å². The van der Waals surface area contributed by atoms with E-state index in [0.29, 0.717) is 30.2 Å². The van der Waals surface area contributed by atoms with Crippen molar-refractivity contribution in [1.82, 2.24) is 10.6 Å². The molecule has 3 rings (SSSR count). The fraction of sp³-hybridized carbons (Fsp3) is 0.391. The summed E-state index contributed by atoms with van der Waals surface area (Å²) in [7, 11) is 0. The van der Waals surface area contributed by atoms with E-state index in [-0.39, 0.29) is 30.2 Å². The number of hydrogen-bond donors (Lipinski definition) is 2. The Morgan fingerprint density at radius 2 is 2.03 bits per heavy atom. The summed E-state index contributed by atoms with van der Waals surface area (Å²) in [5.41, 5.74) is 1.95. The quantitative estimate of drug-likeness (QED) is 0.732. The Bertz CT molecular complexity index is 903. The summed E-state index contributed by atoms with van der Waals surface area (Å²) in [6.45, 7) is 5.38. The van der Waals surface area contributed by atoms with Gasteiger partial charge in [0.1, 0.15) is 11.6 Å². The summed E-state index contributed by atoms with van der Waals surface area (Å²) in [6, 6.07) is 11.9. The number of aryl methyl sites for hydroxylation is 1. The Morgan fingerprint density at radius 3 is 2.83 bits per heavy atom. The summed E-state index contributed by atoms with van der Waals surface area (Å²) in [5.74, 6) is -0.399. The fourth-order valence-corrected chi connectivity index (χ4v) is 3.65. The van der Waals surface area contributed by atoms with Crippen LogP contribution in [-0.4, -0.2) is 44.1 Å². The molecule has 2 aromatic carbocycles. The van der Waals surface area contributed by atoms with Gasteiger partial charge in [0.05, 0.1) is 24.4 Å². The number of anilines is 1. The highest BCUT2D eigenvalue weighted by Crippen LogP contribution is 2.24. The van der Waals surface area contributed by atoms with E-state index in [1.807, 2.05) is 24.8 Å². The number of benzene rings is 2. The van der Waals surface area contributed by atoms with Crippen LogP contribution in [0.25, 0.3) is 0 Å². The fourth-order valence-electron chi connectivity index (χ4n) is 3.65. The molecule has 0 aliphatic carbocycles. The van der Waals surface area contributed by atoms with Gasteiger partial charge < -0.3 is 20.3 Å². The molecule has 2 amide bonds. The number of para-hydroxylation sites is 1. The molecule has 0 saturated carbocycles. The monoisotopic (exact) mass is 413 g/mol. The average molecular weight is 413 g/mol. The number of piperidine rings is 1. The molecule has 1 fully saturated rings. The largest absolute Gasteiger partial charge is 0.493 e. The van der Waals surface area contributed by atoms with Crippen molar-refractivity contribution in [2.24, 2.45) is 0 Å². The molecular weight excluding hydrogens is 385 g/mol. The number of carbonyl (C=O) groups is 2. The van der Waals surface area contributed by atoms with Crippen LogP contribution in [0.5, 0.6) is 5.75 Å². The lowest BCUT2D eigenvalue weighted by molar-refractivity contribution is -0.120. The number of ether oxygens (including phenoxy) is 1. The van der Waals surface area contributed by atoms with Crippen LogP contribution < -0.4 is 20.3 Å². The number of nitrogens with zero attached hydrogens (tertiary/aromatic N) is 1. The Kier molecular flexibility index (Phi) is 7.27. The van der Waals surface area contributed by atoms with Crippen molar-refractivity contribution in [3.63, 3.8) is 0 Å². The van der Waals surface area contributed by atoms with Gasteiger partial charge in [0.15, 0.2) is 0 Å². The molecule has 2 N–H and O–H groups in total. The maximum atomic E-state index is 14.2. The molecule has 1 heterocycles. The van der Waals surface area contributed by atoms with Crippen molar-refractivity contribution in [1.29, 1.82) is 0 Å². The predicted molar refractivity (Wildman–Crippen MR) is 114 cm³/mol. The highest BCUT2D eigenvalue weighted by molar-refractivity contribution is 5.98. The highest BCUT2D eigenvalue weighted by Gasteiger charge is 2.23. The molecule has 0 aromatic heterocycles. The SMILES string of the molecule is CCOc1ccccc1C(=O)NCC(=O)NC1CCCN(c2cc(C)ccc2F)C1. The van der Waals surface area contributed by atoms with Crippen molar-refractivity contribution in [2.75, 3.05) is 31.1 Å². The third-order valence-electron chi connectivity index (χ3n) is 5.07. The minimum Gasteiger partial charge on any atom is -0.493 e. The number of halogens is 1. The molecule has 1 saturated heterocycles. The molecule has 1 unspecified atom stereocenters. The van der Waals surface area contributed by atoms with Crippen LogP contribution >= 0.6 is 0 Å². The van der Waals surface area contributed by atoms with Gasteiger partial charge in [-0.3, -0.25) is 9.59 Å². The zero-order valence-corrected chi connectivity index (χ0v) is 17.4. The Labute approximate surface area is 176 Å². The van der Waals surface area contributed by atoms with Crippen molar-refractivity contribution in [3.8, 4) is 5.75 Å². The third-order valence-corrected chi connectivity index (χ3v) is 5.07. The molecule has 0 radical (unpaired) electrons. The number of nitrogens with one attached hydrogen (secondary N) is 2. The van der Waals surface area contributed by atoms with Crippen LogP contribution in [0.3, 0.4) is 0 Å². The van der Waals surface area contributed by atoms with Crippen molar-refractivity contribution in [2.45, 2.75) is 32.7 Å². The van der Waals surface area contributed by atoms with E-state index in [1.165, 1.54) is 6.07 Å². The van der Waals surface area contributed by atoms with Gasteiger partial charge in [-0.15, -0.1) is 0 Å². The van der Waals surface area contributed by atoms with Gasteiger partial charge in [-0.05, 0) is 56.5 Å². The van der Waals surface area contributed by atoms with Crippen LogP contribution in [0.4, 0.5) is 10.1 Å². The minimum atomic E-state index is -0.360. The minimum absolute atomic E-state index is 0.0984. The lowest BCUT2D eigenvalue weighted by atomic mass is 10.0. The summed E-state index contributed by atoms with van der Waals surface area (Å²) < 4.78 is 19.7. The first-order valence-electron chi connectivity index (χ1n) is 10.3. The second-order valence-electron chi connectivity index (χ2n) is 7.42. The van der Waals surface area contributed by atoms with Crippen molar-refractivity contribution < 1.29 is 18.7 Å². The summed E-state index contributed by atoms with van der Waals surface area (Å²) >= 11 is 0. The van der Waals surface area contributed by atoms with Gasteiger partial charge in [0.2, 0.25) is 5.91 Å². The molecule has 1 aliphatic heterocycles. The van der Waals surface area contributed by atoms with E-state index in [4.69, 9.17) is 4.74 Å². The lowest BCUT2D eigenvalue weighted by Crippen LogP contribution is -2.50. The van der Waals surface area contributed by atoms with E-state index in [0.717, 1.165) is 24.9 Å². The summed E-state index contributed by atoms with van der Waals surface area (Å²) in [6.07, 6.45) is 1.67. The van der Waals surface area contributed by atoms with Crippen LogP contribution in [0.2, 0.25) is 0 Å². The van der Waals surface area contributed by atoms with Gasteiger partial charge in [-0.1, -0.05) is 18.2 Å². The van der Waals surface area contributed by atoms with Gasteiger partial charge in [0, 0.05) is 19.1 Å². The normalized spacial score (nSPS) is 16.1. The summed E-state index contributed by atoms with van der Waals surface area (Å²) in [4.78, 5) is 26.8. The van der Waals surface area contributed by atoms with Crippen molar-refractivity contribution in [3.05, 3.63) is 59.4 Å². The van der Waals surface area contributed by atoms with Crippen LogP contribution in [-0.2, 0) is 4.79 Å². The van der Waals surface area contributed by atoms with E-state index in [9.17, 15) is 14.0 Å². The second-order valence-corrected chi connectivity index (χ2v) is 7.42. The molecule has 1 aliphatic rings. The van der Waals surface area contributed by atoms with Crippen LogP contribution in [0.1, 0.15) is 35.7 Å². The molecule has 160 valence electrons. The molecule has 0 spiro atoms. The first-order chi connectivity index (χ1) is 14.5. The molecule has 0 bridgehead atoms. The van der Waals surface area contributed by atoms with Gasteiger partial charge in [0.25, 0.3) is 5.91 Å². The Hall–Kier alpha value is -3.09. The van der Waals surface area contributed by atoms with Crippen LogP contribution in [0, 0.1) is 12.7 Å². The number of carbonyl (C=O) groups excluding carboxylic acids is 2. The number of amides is 2. The molecule has 30 heavy (non-hydrogen) atoms. The number of hydrogen-bond acceptors (Lipinski definition) is 4. The van der Waals surface area contributed by atoms with E-state index in [2.05, 4.69) is 10.6 Å². The highest BCUT2D eigenvalue weighted by atomic mass is 19.1. The Balaban J connectivity index is 1.53. The third kappa shape index (κ3) is 5.49. The maximum absolute atomic E-state index is 14.2. The standard InChI is InChI=1S/C23H28FN3O3/c1-3-30-21-9-5-4-8-18(21)23(29)25-14-22(28)26-17-7-6-12-27(15-17)20-13-16(2)10-11-19(20)24/h4-5,8-11,13,17H,3,6-7,12,14-15H2,1-2H3,(H,25,29)(H,26,28). The predicted octanol–water partition coefficient (Wildman–Crippen LogP) is 3.05. The van der Waals surface area contributed by atoms with Gasteiger partial charge in [-0.2, -0.15) is 0 Å². The van der Waals surface area contributed by atoms with E-state index < -0.39 is 0 Å². The van der Waals surface area contributed by atoms with Gasteiger partial charge in [-0.25, -0.2) is 4.39 Å². The molecule has 1 atom stereocenters. The van der Waals surface area contributed by atoms with E-state index in [1.54, 1.807) is 30.3 Å².